The van der Waals surface area contributed by atoms with Gasteiger partial charge in [-0.3, -0.25) is 38.8 Å². The fraction of sp³-hybridized carbons (Fsp3) is 0.226. The number of benzene rings is 1. The second kappa shape index (κ2) is 10.5. The van der Waals surface area contributed by atoms with Crippen molar-refractivity contribution in [3.63, 3.8) is 0 Å². The van der Waals surface area contributed by atoms with E-state index in [-0.39, 0.29) is 11.1 Å². The maximum atomic E-state index is 12.6. The van der Waals surface area contributed by atoms with Gasteiger partial charge in [0.2, 0.25) is 0 Å². The number of hydrogen-bond acceptors (Lipinski definition) is 8. The highest BCUT2D eigenvalue weighted by Crippen LogP contribution is 2.50. The van der Waals surface area contributed by atoms with E-state index in [0.717, 1.165) is 57.5 Å². The monoisotopic (exact) mass is 614 g/mol. The van der Waals surface area contributed by atoms with Gasteiger partial charge in [-0.1, -0.05) is 24.3 Å². The molecule has 10 nitrogen and oxygen atoms in total. The summed E-state index contributed by atoms with van der Waals surface area (Å²) in [5.74, 6) is -2.04. The van der Waals surface area contributed by atoms with Crippen molar-refractivity contribution in [1.82, 2.24) is 19.6 Å². The first-order valence-corrected chi connectivity index (χ1v) is 15.1. The summed E-state index contributed by atoms with van der Waals surface area (Å²) in [5, 5.41) is 0. The molecule has 218 valence electrons. The van der Waals surface area contributed by atoms with E-state index in [1.54, 1.807) is 11.3 Å². The molecule has 8 amide bonds. The van der Waals surface area contributed by atoms with Crippen LogP contribution in [0.1, 0.15) is 34.8 Å². The lowest BCUT2D eigenvalue weighted by Gasteiger charge is -2.28. The molecule has 0 bridgehead atoms. The van der Waals surface area contributed by atoms with Gasteiger partial charge in [-0.2, -0.15) is 0 Å². The van der Waals surface area contributed by atoms with Gasteiger partial charge in [0.05, 0.1) is 0 Å². The molecule has 0 radical (unpaired) electrons. The third-order valence-electron chi connectivity index (χ3n) is 7.71. The molecular weight excluding hydrogens is 588 g/mol. The standard InChI is InChI=1S/C31H26N4O6S2/c1-32-26(36)21(27(37)33(2)30(32)40)13-16-5-7-18(8-6-16)25-20(17-9-10-17)15-24(43-25)23-12-11-19(42-23)14-22-28(38)34(3)31(41)35(4)29(22)39/h5-8,11-15,17H,9-10H2,1-4H3. The van der Waals surface area contributed by atoms with E-state index in [1.165, 1.54) is 57.2 Å². The molecule has 1 saturated carbocycles. The maximum absolute atomic E-state index is 12.6. The number of urea groups is 2. The summed E-state index contributed by atoms with van der Waals surface area (Å²) in [7, 11) is 5.40. The molecule has 43 heavy (non-hydrogen) atoms. The molecule has 3 fully saturated rings. The van der Waals surface area contributed by atoms with Gasteiger partial charge >= 0.3 is 12.1 Å². The van der Waals surface area contributed by atoms with E-state index in [1.807, 2.05) is 36.4 Å². The zero-order chi connectivity index (χ0) is 30.7. The Labute approximate surface area is 255 Å². The number of rotatable bonds is 5. The van der Waals surface area contributed by atoms with Crippen LogP contribution >= 0.6 is 22.7 Å². The quantitative estimate of drug-likeness (QED) is 0.299. The highest BCUT2D eigenvalue weighted by Gasteiger charge is 2.39. The fourth-order valence-electron chi connectivity index (χ4n) is 5.00. The van der Waals surface area contributed by atoms with Crippen molar-refractivity contribution < 1.29 is 28.8 Å². The van der Waals surface area contributed by atoms with Crippen molar-refractivity contribution in [3.8, 4) is 20.2 Å². The Morgan fingerprint density at radius 1 is 0.628 bits per heavy atom. The molecule has 3 aliphatic rings. The Hall–Kier alpha value is -4.68. The van der Waals surface area contributed by atoms with Crippen molar-refractivity contribution >= 4 is 70.5 Å². The smallest absolute Gasteiger partial charge is 0.268 e. The number of nitrogens with zero attached hydrogens (tertiary/aromatic N) is 4. The SMILES string of the molecule is CN1C(=O)C(=Cc2ccc(-c3sc(-c4ccc(C=C5C(=O)N(C)C(=O)N(C)C5=O)s4)cc3C3CC3)cc2)C(=O)N(C)C1=O. The van der Waals surface area contributed by atoms with Crippen LogP contribution in [0.5, 0.6) is 0 Å². The first-order valence-electron chi connectivity index (χ1n) is 13.4. The second-order valence-corrected chi connectivity index (χ2v) is 12.8. The summed E-state index contributed by atoms with van der Waals surface area (Å²) in [6.45, 7) is 0. The molecule has 2 saturated heterocycles. The molecule has 0 unspecified atom stereocenters. The van der Waals surface area contributed by atoms with Gasteiger partial charge in [0.1, 0.15) is 11.1 Å². The van der Waals surface area contributed by atoms with Crippen LogP contribution < -0.4 is 0 Å². The van der Waals surface area contributed by atoms with Gasteiger partial charge in [-0.15, -0.1) is 22.7 Å². The largest absolute Gasteiger partial charge is 0.333 e. The van der Waals surface area contributed by atoms with Crippen molar-refractivity contribution in [3.05, 3.63) is 69.6 Å². The Morgan fingerprint density at radius 2 is 1.14 bits per heavy atom. The van der Waals surface area contributed by atoms with Gasteiger partial charge in [0, 0.05) is 47.7 Å². The number of barbiturate groups is 2. The summed E-state index contributed by atoms with van der Waals surface area (Å²) in [4.78, 5) is 82.1. The molecule has 1 aliphatic carbocycles. The summed E-state index contributed by atoms with van der Waals surface area (Å²) in [6, 6.07) is 12.3. The molecule has 4 heterocycles. The number of amides is 8. The van der Waals surface area contributed by atoms with E-state index in [4.69, 9.17) is 0 Å². The van der Waals surface area contributed by atoms with Gasteiger partial charge in [-0.05, 0) is 65.8 Å². The van der Waals surface area contributed by atoms with Gasteiger partial charge in [0.15, 0.2) is 0 Å². The number of likely N-dealkylation sites (N-methyl/N-ethyl adjacent to an activating group) is 4. The topological polar surface area (TPSA) is 115 Å². The number of carbonyl (C=O) groups excluding carboxylic acids is 6. The zero-order valence-electron chi connectivity index (χ0n) is 23.7. The first-order chi connectivity index (χ1) is 20.5. The van der Waals surface area contributed by atoms with Crippen LogP contribution in [0.15, 0.2) is 53.6 Å². The van der Waals surface area contributed by atoms with E-state index >= 15 is 0 Å². The third kappa shape index (κ3) is 4.92. The predicted octanol–water partition coefficient (Wildman–Crippen LogP) is 4.89. The summed E-state index contributed by atoms with van der Waals surface area (Å²) in [6.07, 6.45) is 5.27. The Bertz CT molecular complexity index is 1760. The molecule has 6 rings (SSSR count). The Morgan fingerprint density at radius 3 is 1.65 bits per heavy atom. The van der Waals surface area contributed by atoms with Crippen LogP contribution in [-0.2, 0) is 19.2 Å². The molecule has 0 spiro atoms. The first kappa shape index (κ1) is 28.4. The Balaban J connectivity index is 1.28. The fourth-order valence-corrected chi connectivity index (χ4v) is 7.29. The molecule has 12 heteroatoms. The average Bonchev–Trinajstić information content (AvgIpc) is 3.58. The molecule has 3 aromatic rings. The highest BCUT2D eigenvalue weighted by molar-refractivity contribution is 7.24. The van der Waals surface area contributed by atoms with Crippen LogP contribution in [0.25, 0.3) is 32.3 Å². The van der Waals surface area contributed by atoms with Crippen molar-refractivity contribution in [1.29, 1.82) is 0 Å². The molecule has 1 aromatic carbocycles. The lowest BCUT2D eigenvalue weighted by Crippen LogP contribution is -2.52. The van der Waals surface area contributed by atoms with Crippen molar-refractivity contribution in [2.24, 2.45) is 0 Å². The average molecular weight is 615 g/mol. The third-order valence-corrected chi connectivity index (χ3v) is 10.1. The number of hydrogen-bond donors (Lipinski definition) is 0. The molecule has 2 aliphatic heterocycles. The van der Waals surface area contributed by atoms with Crippen LogP contribution in [-0.4, -0.2) is 83.5 Å². The van der Waals surface area contributed by atoms with E-state index in [2.05, 4.69) is 6.07 Å². The minimum Gasteiger partial charge on any atom is -0.268 e. The van der Waals surface area contributed by atoms with E-state index < -0.39 is 35.7 Å². The van der Waals surface area contributed by atoms with Crippen LogP contribution in [0, 0.1) is 0 Å². The van der Waals surface area contributed by atoms with Crippen LogP contribution in [0.3, 0.4) is 0 Å². The Kier molecular flexibility index (Phi) is 6.98. The minimum absolute atomic E-state index is 0.0555. The second-order valence-electron chi connectivity index (χ2n) is 10.6. The summed E-state index contributed by atoms with van der Waals surface area (Å²) >= 11 is 3.12. The summed E-state index contributed by atoms with van der Waals surface area (Å²) in [5.41, 5.74) is 2.82. The molecule has 0 N–H and O–H groups in total. The van der Waals surface area contributed by atoms with Gasteiger partial charge in [-0.25, -0.2) is 9.59 Å². The van der Waals surface area contributed by atoms with Crippen LogP contribution in [0.2, 0.25) is 0 Å². The predicted molar refractivity (Wildman–Crippen MR) is 163 cm³/mol. The van der Waals surface area contributed by atoms with Gasteiger partial charge in [0.25, 0.3) is 23.6 Å². The van der Waals surface area contributed by atoms with E-state index in [0.29, 0.717) is 11.5 Å². The minimum atomic E-state index is -0.661. The van der Waals surface area contributed by atoms with Gasteiger partial charge < -0.3 is 0 Å². The number of carbonyl (C=O) groups is 6. The van der Waals surface area contributed by atoms with Crippen molar-refractivity contribution in [2.45, 2.75) is 18.8 Å². The molecule has 0 atom stereocenters. The normalized spacial score (nSPS) is 18.0. The van der Waals surface area contributed by atoms with E-state index in [9.17, 15) is 28.8 Å². The number of thiophene rings is 2. The highest BCUT2D eigenvalue weighted by atomic mass is 32.1. The molecular formula is C31H26N4O6S2. The summed E-state index contributed by atoms with van der Waals surface area (Å²) < 4.78 is 0. The van der Waals surface area contributed by atoms with Crippen molar-refractivity contribution in [2.75, 3.05) is 28.2 Å². The lowest BCUT2D eigenvalue weighted by molar-refractivity contribution is -0.135. The maximum Gasteiger partial charge on any atom is 0.333 e. The lowest BCUT2D eigenvalue weighted by atomic mass is 10.0. The number of imide groups is 4. The molecule has 2 aromatic heterocycles. The van der Waals surface area contributed by atoms with Crippen LogP contribution in [0.4, 0.5) is 9.59 Å². The zero-order valence-corrected chi connectivity index (χ0v) is 25.4.